The molecule has 1 saturated heterocycles. The van der Waals surface area contributed by atoms with Gasteiger partial charge in [0.15, 0.2) is 5.76 Å². The third kappa shape index (κ3) is 3.77. The molecule has 1 aliphatic rings. The third-order valence-electron chi connectivity index (χ3n) is 5.18. The molecule has 3 rings (SSSR count). The number of amides is 1. The van der Waals surface area contributed by atoms with E-state index in [2.05, 4.69) is 10.5 Å². The van der Waals surface area contributed by atoms with E-state index in [4.69, 9.17) is 4.52 Å². The monoisotopic (exact) mass is 391 g/mol. The lowest BCUT2D eigenvalue weighted by Gasteiger charge is -2.31. The fourth-order valence-corrected chi connectivity index (χ4v) is 5.28. The number of benzene rings is 1. The van der Waals surface area contributed by atoms with Crippen LogP contribution in [0.25, 0.3) is 0 Å². The number of hydrogen-bond donors (Lipinski definition) is 1. The minimum atomic E-state index is -3.74. The zero-order valence-electron chi connectivity index (χ0n) is 16.1. The highest BCUT2D eigenvalue weighted by Crippen LogP contribution is 2.28. The Morgan fingerprint density at radius 2 is 2.00 bits per heavy atom. The van der Waals surface area contributed by atoms with E-state index in [0.717, 1.165) is 16.8 Å². The van der Waals surface area contributed by atoms with Crippen LogP contribution < -0.4 is 5.32 Å². The van der Waals surface area contributed by atoms with Crippen LogP contribution in [0.5, 0.6) is 0 Å². The predicted octanol–water partition coefficient (Wildman–Crippen LogP) is 2.95. The number of aryl methyl sites for hydroxylation is 3. The summed E-state index contributed by atoms with van der Waals surface area (Å²) in [4.78, 5) is 12.9. The van der Waals surface area contributed by atoms with Crippen LogP contribution in [0.4, 0.5) is 5.69 Å². The Morgan fingerprint density at radius 3 is 2.67 bits per heavy atom. The quantitative estimate of drug-likeness (QED) is 0.865. The third-order valence-corrected chi connectivity index (χ3v) is 7.29. The summed E-state index contributed by atoms with van der Waals surface area (Å²) in [6, 6.07) is 5.75. The maximum Gasteiger partial charge on any atom is 0.248 e. The van der Waals surface area contributed by atoms with Gasteiger partial charge in [-0.05, 0) is 57.7 Å². The van der Waals surface area contributed by atoms with Crippen molar-refractivity contribution in [3.05, 3.63) is 40.8 Å². The highest BCUT2D eigenvalue weighted by molar-refractivity contribution is 7.89. The molecule has 0 radical (unpaired) electrons. The first-order valence-corrected chi connectivity index (χ1v) is 10.5. The molecular formula is C19H25N3O4S. The van der Waals surface area contributed by atoms with Crippen molar-refractivity contribution in [1.29, 1.82) is 0 Å². The van der Waals surface area contributed by atoms with Crippen molar-refractivity contribution in [3.8, 4) is 0 Å². The second-order valence-electron chi connectivity index (χ2n) is 7.09. The number of hydrogen-bond acceptors (Lipinski definition) is 5. The highest BCUT2D eigenvalue weighted by atomic mass is 32.2. The molecule has 1 aromatic heterocycles. The van der Waals surface area contributed by atoms with Gasteiger partial charge in [0.05, 0.1) is 5.92 Å². The van der Waals surface area contributed by atoms with E-state index in [0.29, 0.717) is 25.1 Å². The summed E-state index contributed by atoms with van der Waals surface area (Å²) in [5, 5.41) is 6.70. The van der Waals surface area contributed by atoms with Gasteiger partial charge in [0, 0.05) is 18.8 Å². The summed E-state index contributed by atoms with van der Waals surface area (Å²) in [6.07, 6.45) is 1.29. The van der Waals surface area contributed by atoms with E-state index >= 15 is 0 Å². The minimum Gasteiger partial charge on any atom is -0.360 e. The van der Waals surface area contributed by atoms with Gasteiger partial charge in [-0.25, -0.2) is 8.42 Å². The topological polar surface area (TPSA) is 92.5 Å². The molecule has 1 amide bonds. The van der Waals surface area contributed by atoms with Gasteiger partial charge in [0.25, 0.3) is 0 Å². The highest BCUT2D eigenvalue weighted by Gasteiger charge is 2.36. The first-order valence-electron chi connectivity index (χ1n) is 9.02. The number of aromatic nitrogens is 1. The van der Waals surface area contributed by atoms with Gasteiger partial charge >= 0.3 is 0 Å². The van der Waals surface area contributed by atoms with Gasteiger partial charge in [-0.15, -0.1) is 0 Å². The molecule has 27 heavy (non-hydrogen) atoms. The summed E-state index contributed by atoms with van der Waals surface area (Å²) in [6.45, 7) is 7.69. The molecule has 0 bridgehead atoms. The van der Waals surface area contributed by atoms with Crippen LogP contribution in [0, 0.1) is 33.6 Å². The average molecular weight is 391 g/mol. The van der Waals surface area contributed by atoms with Crippen LogP contribution in [0.3, 0.4) is 0 Å². The Bertz CT molecular complexity index is 946. The predicted molar refractivity (Wildman–Crippen MR) is 102 cm³/mol. The molecule has 1 aromatic carbocycles. The van der Waals surface area contributed by atoms with Crippen molar-refractivity contribution in [2.45, 2.75) is 45.4 Å². The Kier molecular flexibility index (Phi) is 5.39. The Labute approximate surface area is 159 Å². The maximum atomic E-state index is 13.0. The van der Waals surface area contributed by atoms with Gasteiger partial charge in [0.2, 0.25) is 15.9 Å². The molecule has 146 valence electrons. The number of nitrogens with zero attached hydrogens (tertiary/aromatic N) is 2. The van der Waals surface area contributed by atoms with E-state index in [1.807, 2.05) is 32.0 Å². The summed E-state index contributed by atoms with van der Waals surface area (Å²) in [7, 11) is -3.74. The number of anilines is 1. The largest absolute Gasteiger partial charge is 0.360 e. The van der Waals surface area contributed by atoms with Crippen molar-refractivity contribution in [2.24, 2.45) is 5.92 Å². The zero-order chi connectivity index (χ0) is 19.8. The summed E-state index contributed by atoms with van der Waals surface area (Å²) in [5.41, 5.74) is 3.22. The van der Waals surface area contributed by atoms with Crippen LogP contribution in [0.2, 0.25) is 0 Å². The maximum absolute atomic E-state index is 13.0. The molecule has 0 unspecified atom stereocenters. The van der Waals surface area contributed by atoms with E-state index in [1.165, 1.54) is 4.31 Å². The van der Waals surface area contributed by atoms with Gasteiger partial charge in [-0.2, -0.15) is 4.31 Å². The standard InChI is InChI=1S/C19H25N3O4S/c1-12-7-5-9-17(13(12)2)20-19(23)16-8-6-10-22(11-16)27(24,25)18-14(3)21-26-15(18)4/h5,7,9,16H,6,8,10-11H2,1-4H3,(H,20,23)/t16-/m1/s1. The lowest BCUT2D eigenvalue weighted by molar-refractivity contribution is -0.120. The lowest BCUT2D eigenvalue weighted by atomic mass is 9.98. The van der Waals surface area contributed by atoms with Crippen LogP contribution in [-0.4, -0.2) is 36.9 Å². The normalized spacial score (nSPS) is 18.4. The Balaban J connectivity index is 1.78. The zero-order valence-corrected chi connectivity index (χ0v) is 16.9. The van der Waals surface area contributed by atoms with Gasteiger partial charge < -0.3 is 9.84 Å². The smallest absolute Gasteiger partial charge is 0.248 e. The molecule has 0 spiro atoms. The SMILES string of the molecule is Cc1cccc(NC(=O)[C@@H]2CCCN(S(=O)(=O)c3c(C)noc3C)C2)c1C. The van der Waals surface area contributed by atoms with E-state index in [9.17, 15) is 13.2 Å². The van der Waals surface area contributed by atoms with Crippen molar-refractivity contribution in [1.82, 2.24) is 9.46 Å². The average Bonchev–Trinajstić information content (AvgIpc) is 2.98. The van der Waals surface area contributed by atoms with Gasteiger partial charge in [-0.1, -0.05) is 17.3 Å². The number of carbonyl (C=O) groups is 1. The first kappa shape index (κ1) is 19.6. The molecule has 0 saturated carbocycles. The molecule has 0 aliphatic carbocycles. The summed E-state index contributed by atoms with van der Waals surface area (Å²) in [5.74, 6) is -0.272. The van der Waals surface area contributed by atoms with Crippen molar-refractivity contribution in [3.63, 3.8) is 0 Å². The van der Waals surface area contributed by atoms with Crippen LogP contribution in [0.15, 0.2) is 27.6 Å². The minimum absolute atomic E-state index is 0.109. The lowest BCUT2D eigenvalue weighted by Crippen LogP contribution is -2.44. The molecule has 8 heteroatoms. The fourth-order valence-electron chi connectivity index (χ4n) is 3.47. The first-order chi connectivity index (χ1) is 12.7. The van der Waals surface area contributed by atoms with E-state index in [-0.39, 0.29) is 23.1 Å². The van der Waals surface area contributed by atoms with E-state index < -0.39 is 15.9 Å². The van der Waals surface area contributed by atoms with Crippen LogP contribution in [-0.2, 0) is 14.8 Å². The number of carbonyl (C=O) groups excluding carboxylic acids is 1. The number of rotatable bonds is 4. The summed E-state index contributed by atoms with van der Waals surface area (Å²) >= 11 is 0. The van der Waals surface area contributed by atoms with Gasteiger partial charge in [-0.3, -0.25) is 4.79 Å². The van der Waals surface area contributed by atoms with Gasteiger partial charge in [0.1, 0.15) is 10.6 Å². The second kappa shape index (κ2) is 7.44. The number of piperidine rings is 1. The molecule has 1 fully saturated rings. The Morgan fingerprint density at radius 1 is 1.26 bits per heavy atom. The van der Waals surface area contributed by atoms with Crippen LogP contribution >= 0.6 is 0 Å². The second-order valence-corrected chi connectivity index (χ2v) is 8.97. The Hall–Kier alpha value is -2.19. The molecule has 7 nitrogen and oxygen atoms in total. The van der Waals surface area contributed by atoms with Crippen molar-refractivity contribution < 1.29 is 17.7 Å². The summed E-state index contributed by atoms with van der Waals surface area (Å²) < 4.78 is 32.4. The molecule has 2 aromatic rings. The number of nitrogens with one attached hydrogen (secondary N) is 1. The van der Waals surface area contributed by atoms with Crippen molar-refractivity contribution in [2.75, 3.05) is 18.4 Å². The van der Waals surface area contributed by atoms with E-state index in [1.54, 1.807) is 13.8 Å². The molecule has 1 N–H and O–H groups in total. The fraction of sp³-hybridized carbons (Fsp3) is 0.474. The molecular weight excluding hydrogens is 366 g/mol. The molecule has 2 heterocycles. The van der Waals surface area contributed by atoms with Crippen LogP contribution in [0.1, 0.15) is 35.4 Å². The molecule has 1 aliphatic heterocycles. The molecule has 1 atom stereocenters. The van der Waals surface area contributed by atoms with Crippen molar-refractivity contribution >= 4 is 21.6 Å². The number of sulfonamides is 1.